The van der Waals surface area contributed by atoms with Crippen molar-refractivity contribution < 1.29 is 0 Å². The zero-order valence-corrected chi connectivity index (χ0v) is 38.4. The van der Waals surface area contributed by atoms with Crippen LogP contribution in [0.3, 0.4) is 0 Å². The number of benzene rings is 12. The van der Waals surface area contributed by atoms with Crippen LogP contribution in [0.4, 0.5) is 17.1 Å². The lowest BCUT2D eigenvalue weighted by Gasteiger charge is -2.30. The molecule has 12 aromatic carbocycles. The first-order valence-corrected chi connectivity index (χ1v) is 24.0. The highest BCUT2D eigenvalue weighted by Crippen LogP contribution is 2.54. The van der Waals surface area contributed by atoms with E-state index in [0.717, 1.165) is 22.6 Å². The third-order valence-corrected chi connectivity index (χ3v) is 14.7. The van der Waals surface area contributed by atoms with E-state index in [1.807, 2.05) is 0 Å². The third kappa shape index (κ3) is 6.69. The smallest absolute Gasteiger partial charge is 0.0468 e. The summed E-state index contributed by atoms with van der Waals surface area (Å²) in [6.07, 6.45) is 0. The van der Waals surface area contributed by atoms with Crippen LogP contribution in [-0.2, 0) is 5.41 Å². The second kappa shape index (κ2) is 16.5. The van der Waals surface area contributed by atoms with Crippen molar-refractivity contribution in [2.75, 3.05) is 4.90 Å². The van der Waals surface area contributed by atoms with Crippen molar-refractivity contribution in [1.82, 2.24) is 0 Å². The van der Waals surface area contributed by atoms with Gasteiger partial charge < -0.3 is 4.90 Å². The summed E-state index contributed by atoms with van der Waals surface area (Å²) in [5.74, 6) is 0. The molecule has 1 heteroatoms. The van der Waals surface area contributed by atoms with Crippen molar-refractivity contribution >= 4 is 49.4 Å². The van der Waals surface area contributed by atoms with E-state index in [1.165, 1.54) is 99.1 Å². The van der Waals surface area contributed by atoms with Gasteiger partial charge >= 0.3 is 0 Å². The van der Waals surface area contributed by atoms with Crippen molar-refractivity contribution in [3.8, 4) is 55.6 Å². The Balaban J connectivity index is 1.02. The highest BCUT2D eigenvalue weighted by Gasteiger charge is 2.41. The zero-order valence-electron chi connectivity index (χ0n) is 38.4. The minimum atomic E-state index is -0.287. The number of nitrogens with zero attached hydrogens (tertiary/aromatic N) is 1. The monoisotopic (exact) mass is 877 g/mol. The molecule has 1 nitrogen and oxygen atoms in total. The topological polar surface area (TPSA) is 3.24 Å². The Morgan fingerprint density at radius 3 is 1.52 bits per heavy atom. The highest BCUT2D eigenvalue weighted by molar-refractivity contribution is 6.22. The molecule has 0 bridgehead atoms. The summed E-state index contributed by atoms with van der Waals surface area (Å²) >= 11 is 0. The van der Waals surface area contributed by atoms with Crippen molar-refractivity contribution in [3.63, 3.8) is 0 Å². The predicted molar refractivity (Wildman–Crippen MR) is 293 cm³/mol. The largest absolute Gasteiger partial charge is 0.310 e. The predicted octanol–water partition coefficient (Wildman–Crippen LogP) is 18.6. The molecule has 1 unspecified atom stereocenters. The van der Waals surface area contributed by atoms with Gasteiger partial charge in [0.15, 0.2) is 0 Å². The molecule has 0 fully saturated rings. The van der Waals surface area contributed by atoms with Crippen LogP contribution in [0.2, 0.25) is 0 Å². The molecule has 1 aliphatic rings. The summed E-state index contributed by atoms with van der Waals surface area (Å²) in [6.45, 7) is 2.39. The Morgan fingerprint density at radius 2 is 0.768 bits per heavy atom. The summed E-state index contributed by atoms with van der Waals surface area (Å²) in [5.41, 5.74) is 19.2. The van der Waals surface area contributed by atoms with Crippen LogP contribution in [0.15, 0.2) is 267 Å². The average molecular weight is 878 g/mol. The Morgan fingerprint density at radius 1 is 0.275 bits per heavy atom. The first-order chi connectivity index (χ1) is 34.1. The van der Waals surface area contributed by atoms with E-state index in [9.17, 15) is 0 Å². The lowest BCUT2D eigenvalue weighted by Crippen LogP contribution is -2.22. The van der Waals surface area contributed by atoms with E-state index in [2.05, 4.69) is 279 Å². The molecule has 0 saturated carbocycles. The van der Waals surface area contributed by atoms with E-state index >= 15 is 0 Å². The van der Waals surface area contributed by atoms with Crippen molar-refractivity contribution in [2.24, 2.45) is 0 Å². The van der Waals surface area contributed by atoms with Crippen LogP contribution in [-0.4, -0.2) is 0 Å². The Labute approximate surface area is 403 Å². The fourth-order valence-corrected chi connectivity index (χ4v) is 11.5. The van der Waals surface area contributed by atoms with Gasteiger partial charge in [-0.1, -0.05) is 224 Å². The molecule has 0 saturated heterocycles. The van der Waals surface area contributed by atoms with E-state index < -0.39 is 0 Å². The van der Waals surface area contributed by atoms with Crippen LogP contribution in [0.1, 0.15) is 23.6 Å². The Bertz CT molecular complexity index is 3900. The number of rotatable bonds is 8. The first-order valence-electron chi connectivity index (χ1n) is 24.0. The summed E-state index contributed by atoms with van der Waals surface area (Å²) in [7, 11) is 0. The van der Waals surface area contributed by atoms with Gasteiger partial charge in [0.1, 0.15) is 0 Å². The van der Waals surface area contributed by atoms with E-state index in [4.69, 9.17) is 0 Å². The molecule has 0 spiro atoms. The molecular formula is C68H47N. The minimum Gasteiger partial charge on any atom is -0.310 e. The van der Waals surface area contributed by atoms with Gasteiger partial charge in [0.05, 0.1) is 0 Å². The van der Waals surface area contributed by atoms with Crippen molar-refractivity contribution in [2.45, 2.75) is 12.3 Å². The molecule has 0 N–H and O–H groups in total. The average Bonchev–Trinajstić information content (AvgIpc) is 3.68. The molecule has 1 aliphatic carbocycles. The molecule has 69 heavy (non-hydrogen) atoms. The summed E-state index contributed by atoms with van der Waals surface area (Å²) < 4.78 is 0. The van der Waals surface area contributed by atoms with Gasteiger partial charge in [0, 0.05) is 22.5 Å². The van der Waals surface area contributed by atoms with Crippen LogP contribution in [0.25, 0.3) is 88.0 Å². The van der Waals surface area contributed by atoms with Crippen molar-refractivity contribution in [3.05, 3.63) is 284 Å². The van der Waals surface area contributed by atoms with Gasteiger partial charge in [-0.2, -0.15) is 0 Å². The van der Waals surface area contributed by atoms with Gasteiger partial charge in [-0.05, 0) is 154 Å². The lowest BCUT2D eigenvalue weighted by atomic mass is 9.74. The molecule has 324 valence electrons. The fraction of sp³-hybridized carbons (Fsp3) is 0.0294. The summed E-state index contributed by atoms with van der Waals surface area (Å²) in [6, 6.07) is 98.4. The molecule has 0 heterocycles. The summed E-state index contributed by atoms with van der Waals surface area (Å²) in [5, 5.41) is 7.47. The van der Waals surface area contributed by atoms with Crippen LogP contribution < -0.4 is 4.90 Å². The molecule has 1 atom stereocenters. The van der Waals surface area contributed by atoms with Gasteiger partial charge in [-0.3, -0.25) is 0 Å². The molecule has 0 radical (unpaired) electrons. The van der Waals surface area contributed by atoms with Crippen LogP contribution in [0.5, 0.6) is 0 Å². The zero-order chi connectivity index (χ0) is 45.9. The molecule has 0 amide bonds. The van der Waals surface area contributed by atoms with Crippen LogP contribution >= 0.6 is 0 Å². The maximum atomic E-state index is 2.46. The number of hydrogen-bond acceptors (Lipinski definition) is 1. The Hall–Kier alpha value is -8.78. The van der Waals surface area contributed by atoms with E-state index in [-0.39, 0.29) is 5.41 Å². The lowest BCUT2D eigenvalue weighted by molar-refractivity contribution is 0.714. The second-order valence-corrected chi connectivity index (χ2v) is 18.5. The quantitative estimate of drug-likeness (QED) is 0.138. The second-order valence-electron chi connectivity index (χ2n) is 18.5. The fourth-order valence-electron chi connectivity index (χ4n) is 11.5. The van der Waals surface area contributed by atoms with E-state index in [0.29, 0.717) is 0 Å². The Kier molecular flexibility index (Phi) is 9.70. The highest BCUT2D eigenvalue weighted by atomic mass is 15.1. The summed E-state index contributed by atoms with van der Waals surface area (Å²) in [4.78, 5) is 2.46. The number of anilines is 3. The molecule has 12 aromatic rings. The molecule has 0 aliphatic heterocycles. The van der Waals surface area contributed by atoms with Gasteiger partial charge in [-0.15, -0.1) is 0 Å². The standard InChI is InChI=1S/C68H47N/c1-68(52-28-9-4-10-29-52)64-37-16-15-34-60(64)62-45-55(39-41-65(62)68)69(54-31-18-27-51(43-54)57-36-19-25-46-20-11-12-32-56(46)57)53-30-17-26-49(42-53)50-38-40-59-58-33-13-14-35-61(58)66(47-21-5-2-6-22-47)67(63(59)44-50)48-23-7-3-8-24-48/h2-45H,1H3. The minimum absolute atomic E-state index is 0.287. The van der Waals surface area contributed by atoms with E-state index in [1.54, 1.807) is 0 Å². The maximum Gasteiger partial charge on any atom is 0.0468 e. The molecular weight excluding hydrogens is 831 g/mol. The van der Waals surface area contributed by atoms with Gasteiger partial charge in [0.25, 0.3) is 0 Å². The SMILES string of the molecule is CC1(c2ccccc2)c2ccccc2-c2cc(N(c3cccc(-c4ccc5c(c4)c(-c4ccccc4)c(-c4ccccc4)c4ccccc45)c3)c3cccc(-c4cccc5ccccc45)c3)ccc21. The third-order valence-electron chi connectivity index (χ3n) is 14.7. The van der Waals surface area contributed by atoms with Gasteiger partial charge in [-0.25, -0.2) is 0 Å². The molecule has 0 aromatic heterocycles. The first kappa shape index (κ1) is 40.5. The van der Waals surface area contributed by atoms with Gasteiger partial charge in [0.2, 0.25) is 0 Å². The van der Waals surface area contributed by atoms with Crippen LogP contribution in [0, 0.1) is 0 Å². The molecule has 13 rings (SSSR count). The number of fused-ring (bicyclic) bond motifs is 7. The maximum absolute atomic E-state index is 2.46. The van der Waals surface area contributed by atoms with Crippen molar-refractivity contribution in [1.29, 1.82) is 0 Å². The normalized spacial score (nSPS) is 13.9. The number of hydrogen-bond donors (Lipinski definition) is 0.